The fourth-order valence-corrected chi connectivity index (χ4v) is 2.66. The maximum absolute atomic E-state index is 12.2. The summed E-state index contributed by atoms with van der Waals surface area (Å²) in [4.78, 5) is 30.0. The Morgan fingerprint density at radius 1 is 1.35 bits per heavy atom. The van der Waals surface area contributed by atoms with Gasteiger partial charge in [-0.05, 0) is 45.0 Å². The summed E-state index contributed by atoms with van der Waals surface area (Å²) in [6, 6.07) is 3.17. The minimum atomic E-state index is -0.330. The monoisotopic (exact) mass is 359 g/mol. The Morgan fingerprint density at radius 2 is 2.08 bits per heavy atom. The van der Waals surface area contributed by atoms with E-state index in [1.807, 2.05) is 0 Å². The number of rotatable bonds is 7. The van der Waals surface area contributed by atoms with Crippen LogP contribution in [-0.2, 0) is 16.1 Å². The Labute approximate surface area is 152 Å². The summed E-state index contributed by atoms with van der Waals surface area (Å²) >= 11 is 0. The van der Waals surface area contributed by atoms with E-state index in [-0.39, 0.29) is 18.0 Å². The third-order valence-corrected chi connectivity index (χ3v) is 4.00. The third kappa shape index (κ3) is 5.58. The summed E-state index contributed by atoms with van der Waals surface area (Å²) in [7, 11) is 1.48. The molecule has 0 radical (unpaired) electrons. The summed E-state index contributed by atoms with van der Waals surface area (Å²) in [5, 5.41) is 7.04. The van der Waals surface area contributed by atoms with Crippen molar-refractivity contribution in [1.82, 2.24) is 15.1 Å². The van der Waals surface area contributed by atoms with Crippen LogP contribution in [0.15, 0.2) is 45.7 Å². The van der Waals surface area contributed by atoms with Crippen molar-refractivity contribution in [3.63, 3.8) is 0 Å². The van der Waals surface area contributed by atoms with Crippen LogP contribution in [-0.4, -0.2) is 42.6 Å². The molecule has 8 heteroatoms. The molecule has 0 bridgehead atoms. The maximum Gasteiger partial charge on any atom is 0.267 e. The quantitative estimate of drug-likeness (QED) is 0.452. The van der Waals surface area contributed by atoms with Crippen molar-refractivity contribution in [2.75, 3.05) is 25.1 Å². The molecule has 0 aromatic carbocycles. The highest BCUT2D eigenvalue weighted by Gasteiger charge is 2.14. The summed E-state index contributed by atoms with van der Waals surface area (Å²) < 4.78 is 6.14. The van der Waals surface area contributed by atoms with Crippen LogP contribution in [0.2, 0.25) is 0 Å². The number of aromatic nitrogens is 2. The minimum Gasteiger partial charge on any atom is -0.481 e. The van der Waals surface area contributed by atoms with Gasteiger partial charge in [0, 0.05) is 30.9 Å². The third-order valence-electron chi connectivity index (χ3n) is 4.00. The highest BCUT2D eigenvalue weighted by Crippen LogP contribution is 2.15. The van der Waals surface area contributed by atoms with E-state index in [0.29, 0.717) is 11.6 Å². The van der Waals surface area contributed by atoms with Crippen LogP contribution >= 0.6 is 0 Å². The van der Waals surface area contributed by atoms with Gasteiger partial charge in [0.2, 0.25) is 11.8 Å². The topological polar surface area (TPSA) is 88.8 Å². The lowest BCUT2D eigenvalue weighted by Gasteiger charge is -2.27. The van der Waals surface area contributed by atoms with Crippen molar-refractivity contribution in [2.45, 2.75) is 32.7 Å². The first-order valence-electron chi connectivity index (χ1n) is 8.55. The highest BCUT2D eigenvalue weighted by atomic mass is 16.5. The van der Waals surface area contributed by atoms with Gasteiger partial charge in [0.05, 0.1) is 7.11 Å². The van der Waals surface area contributed by atoms with E-state index in [4.69, 9.17) is 4.74 Å². The number of carbonyl (C=O) groups is 1. The van der Waals surface area contributed by atoms with Crippen molar-refractivity contribution in [3.8, 4) is 0 Å². The number of hydrogen-bond acceptors (Lipinski definition) is 6. The predicted octanol–water partition coefficient (Wildman–Crippen LogP) is 1.44. The van der Waals surface area contributed by atoms with E-state index in [1.54, 1.807) is 25.1 Å². The molecule has 1 aliphatic heterocycles. The standard InChI is InChI=1S/C18H25N5O3/c1-14(7-9-17(19-2)26-3)20-16(24)13-23-18(25)10-8-15(21-23)22-11-5-4-6-12-22/h7-10H,2,4-6,11-13H2,1,3H3,(H,20,24)/b14-7+,17-9+. The Balaban J connectivity index is 2.04. The zero-order valence-electron chi connectivity index (χ0n) is 15.3. The molecule has 1 fully saturated rings. The number of nitrogens with zero attached hydrogens (tertiary/aromatic N) is 4. The molecule has 1 N–H and O–H groups in total. The number of nitrogens with one attached hydrogen (secondary N) is 1. The summed E-state index contributed by atoms with van der Waals surface area (Å²) in [6.45, 7) is 6.80. The molecule has 2 rings (SSSR count). The Morgan fingerprint density at radius 3 is 2.73 bits per heavy atom. The molecule has 1 amide bonds. The molecule has 1 aromatic rings. The zero-order valence-corrected chi connectivity index (χ0v) is 15.3. The van der Waals surface area contributed by atoms with Crippen molar-refractivity contribution >= 4 is 18.4 Å². The van der Waals surface area contributed by atoms with Gasteiger partial charge in [0.1, 0.15) is 12.4 Å². The van der Waals surface area contributed by atoms with Crippen LogP contribution in [0.5, 0.6) is 0 Å². The number of amides is 1. The number of hydrogen-bond donors (Lipinski definition) is 1. The first-order chi connectivity index (χ1) is 12.5. The molecule has 140 valence electrons. The lowest BCUT2D eigenvalue weighted by molar-refractivity contribution is -0.121. The van der Waals surface area contributed by atoms with Crippen molar-refractivity contribution < 1.29 is 9.53 Å². The molecule has 0 aliphatic carbocycles. The van der Waals surface area contributed by atoms with Gasteiger partial charge in [-0.2, -0.15) is 5.10 Å². The number of allylic oxidation sites excluding steroid dienone is 3. The SMILES string of the molecule is C=N/C(=C\C=C(/C)NC(=O)Cn1nc(N2CCCCC2)ccc1=O)OC. The zero-order chi connectivity index (χ0) is 18.9. The van der Waals surface area contributed by atoms with E-state index >= 15 is 0 Å². The van der Waals surface area contributed by atoms with E-state index in [9.17, 15) is 9.59 Å². The summed E-state index contributed by atoms with van der Waals surface area (Å²) in [6.07, 6.45) is 6.67. The fraction of sp³-hybridized carbons (Fsp3) is 0.444. The molecule has 1 aromatic heterocycles. The molecule has 1 saturated heterocycles. The summed E-state index contributed by atoms with van der Waals surface area (Å²) in [5.41, 5.74) is 0.286. The van der Waals surface area contributed by atoms with Gasteiger partial charge in [-0.1, -0.05) is 0 Å². The van der Waals surface area contributed by atoms with Gasteiger partial charge in [-0.25, -0.2) is 9.67 Å². The number of methoxy groups -OCH3 is 1. The van der Waals surface area contributed by atoms with E-state index < -0.39 is 0 Å². The molecule has 26 heavy (non-hydrogen) atoms. The Bertz CT molecular complexity index is 760. The lowest BCUT2D eigenvalue weighted by Crippen LogP contribution is -2.36. The van der Waals surface area contributed by atoms with Gasteiger partial charge >= 0.3 is 0 Å². The fourth-order valence-electron chi connectivity index (χ4n) is 2.66. The molecular weight excluding hydrogens is 334 g/mol. The largest absolute Gasteiger partial charge is 0.481 e. The van der Waals surface area contributed by atoms with Crippen molar-refractivity contribution in [1.29, 1.82) is 0 Å². The normalized spacial score (nSPS) is 15.5. The van der Waals surface area contributed by atoms with E-state index in [0.717, 1.165) is 31.7 Å². The maximum atomic E-state index is 12.2. The number of piperidine rings is 1. The number of carbonyl (C=O) groups excluding carboxylic acids is 1. The molecule has 0 unspecified atom stereocenters. The van der Waals surface area contributed by atoms with Crippen LogP contribution in [0.1, 0.15) is 26.2 Å². The van der Waals surface area contributed by atoms with Crippen LogP contribution in [0, 0.1) is 0 Å². The van der Waals surface area contributed by atoms with Crippen molar-refractivity contribution in [3.05, 3.63) is 46.2 Å². The second-order valence-corrected chi connectivity index (χ2v) is 6.00. The van der Waals surface area contributed by atoms with Crippen LogP contribution in [0.4, 0.5) is 5.82 Å². The average molecular weight is 359 g/mol. The number of aliphatic imine (C=N–C) groups is 1. The van der Waals surface area contributed by atoms with Crippen LogP contribution < -0.4 is 15.8 Å². The molecule has 8 nitrogen and oxygen atoms in total. The smallest absolute Gasteiger partial charge is 0.267 e. The second-order valence-electron chi connectivity index (χ2n) is 6.00. The highest BCUT2D eigenvalue weighted by molar-refractivity contribution is 5.77. The minimum absolute atomic E-state index is 0.147. The predicted molar refractivity (Wildman–Crippen MR) is 101 cm³/mol. The molecule has 0 spiro atoms. The average Bonchev–Trinajstić information content (AvgIpc) is 2.65. The Kier molecular flexibility index (Phi) is 7.13. The first kappa shape index (κ1) is 19.4. The van der Waals surface area contributed by atoms with Gasteiger partial charge < -0.3 is 15.0 Å². The Hall–Kier alpha value is -2.90. The molecule has 2 heterocycles. The van der Waals surface area contributed by atoms with Crippen molar-refractivity contribution in [2.24, 2.45) is 4.99 Å². The summed E-state index contributed by atoms with van der Waals surface area (Å²) in [5.74, 6) is 0.739. The second kappa shape index (κ2) is 9.55. The van der Waals surface area contributed by atoms with Crippen LogP contribution in [0.25, 0.3) is 0 Å². The number of ether oxygens (including phenoxy) is 1. The van der Waals surface area contributed by atoms with Gasteiger partial charge in [0.15, 0.2) is 0 Å². The van der Waals surface area contributed by atoms with E-state index in [1.165, 1.54) is 24.3 Å². The van der Waals surface area contributed by atoms with Crippen LogP contribution in [0.3, 0.4) is 0 Å². The van der Waals surface area contributed by atoms with E-state index in [2.05, 4.69) is 27.0 Å². The molecular formula is C18H25N5O3. The van der Waals surface area contributed by atoms with Gasteiger partial charge in [-0.15, -0.1) is 0 Å². The number of anilines is 1. The molecule has 0 atom stereocenters. The first-order valence-corrected chi connectivity index (χ1v) is 8.55. The molecule has 0 saturated carbocycles. The molecule has 1 aliphatic rings. The van der Waals surface area contributed by atoms with Gasteiger partial charge in [0.25, 0.3) is 5.56 Å². The lowest BCUT2D eigenvalue weighted by atomic mass is 10.1. The van der Waals surface area contributed by atoms with Gasteiger partial charge in [-0.3, -0.25) is 9.59 Å².